The molecule has 292 valence electrons. The lowest BCUT2D eigenvalue weighted by Crippen LogP contribution is -2.74. The van der Waals surface area contributed by atoms with E-state index in [0.717, 1.165) is 12.3 Å². The van der Waals surface area contributed by atoms with Crippen LogP contribution in [0, 0.1) is 0 Å². The lowest BCUT2D eigenvalue weighted by atomic mass is 9.88. The molecule has 0 bridgehead atoms. The van der Waals surface area contributed by atoms with Crippen molar-refractivity contribution in [3.63, 3.8) is 0 Å². The molecule has 0 aliphatic carbocycles. The third-order valence-electron chi connectivity index (χ3n) is 7.07. The summed E-state index contributed by atoms with van der Waals surface area (Å²) in [5, 5.41) is 29.1. The van der Waals surface area contributed by atoms with Gasteiger partial charge >= 0.3 is 53.3 Å². The third kappa shape index (κ3) is 7.29. The first-order valence-electron chi connectivity index (χ1n) is 13.2. The van der Waals surface area contributed by atoms with Crippen molar-refractivity contribution in [1.29, 1.82) is 0 Å². The predicted molar refractivity (Wildman–Crippen MR) is 125 cm³/mol. The maximum atomic E-state index is 14.1. The fourth-order valence-electron chi connectivity index (χ4n) is 4.17. The first-order chi connectivity index (χ1) is 22.4. The van der Waals surface area contributed by atoms with Gasteiger partial charge in [0, 0.05) is 25.3 Å². The minimum absolute atomic E-state index is 0.667. The summed E-state index contributed by atoms with van der Waals surface area (Å²) in [6.45, 7) is -4.28. The molecule has 1 saturated heterocycles. The maximum absolute atomic E-state index is 14.1. The zero-order valence-electron chi connectivity index (χ0n) is 24.0. The van der Waals surface area contributed by atoms with Crippen molar-refractivity contribution in [1.82, 2.24) is 9.55 Å². The normalized spacial score (nSPS) is 22.6. The fourth-order valence-corrected chi connectivity index (χ4v) is 4.17. The number of aromatic amines is 1. The summed E-state index contributed by atoms with van der Waals surface area (Å²) >= 11 is 0. The Morgan fingerprint density at radius 3 is 1.76 bits per heavy atom. The second-order valence-corrected chi connectivity index (χ2v) is 10.5. The summed E-state index contributed by atoms with van der Waals surface area (Å²) in [5.41, 5.74) is -1.99. The van der Waals surface area contributed by atoms with Crippen LogP contribution in [0.4, 0.5) is 74.6 Å². The highest BCUT2D eigenvalue weighted by atomic mass is 19.4. The lowest BCUT2D eigenvalue weighted by Gasteiger charge is -2.42. The van der Waals surface area contributed by atoms with Gasteiger partial charge in [-0.2, -0.15) is 74.6 Å². The van der Waals surface area contributed by atoms with Crippen LogP contribution in [0.3, 0.4) is 0 Å². The van der Waals surface area contributed by atoms with Gasteiger partial charge in [0.15, 0.2) is 6.23 Å². The first kappa shape index (κ1) is 43.4. The topological polar surface area (TPSA) is 143 Å². The van der Waals surface area contributed by atoms with Crippen molar-refractivity contribution >= 4 is 0 Å². The number of aromatic nitrogens is 2. The molecule has 4 N–H and O–H groups in total. The Kier molecular flexibility index (Phi) is 12.5. The van der Waals surface area contributed by atoms with Gasteiger partial charge in [-0.05, 0) is 6.42 Å². The van der Waals surface area contributed by atoms with Crippen LogP contribution in [0.15, 0.2) is 21.9 Å². The number of alkyl halides is 17. The molecule has 10 nitrogen and oxygen atoms in total. The number of halogens is 17. The van der Waals surface area contributed by atoms with Crippen LogP contribution in [-0.4, -0.2) is 123 Å². The molecule has 1 fully saturated rings. The van der Waals surface area contributed by atoms with E-state index in [4.69, 9.17) is 14.2 Å². The molecule has 0 aromatic carbocycles. The van der Waals surface area contributed by atoms with E-state index >= 15 is 0 Å². The monoisotopic (exact) mass is 778 g/mol. The zero-order valence-corrected chi connectivity index (χ0v) is 24.0. The van der Waals surface area contributed by atoms with Gasteiger partial charge in [0.1, 0.15) is 24.4 Å². The van der Waals surface area contributed by atoms with E-state index in [1.807, 2.05) is 4.98 Å². The van der Waals surface area contributed by atoms with E-state index in [1.165, 1.54) is 0 Å². The Morgan fingerprint density at radius 2 is 1.30 bits per heavy atom. The number of hydrogen-bond acceptors (Lipinski definition) is 8. The molecule has 0 amide bonds. The van der Waals surface area contributed by atoms with Gasteiger partial charge in [-0.1, -0.05) is 0 Å². The second kappa shape index (κ2) is 14.3. The van der Waals surface area contributed by atoms with E-state index in [-0.39, 0.29) is 0 Å². The molecule has 4 unspecified atom stereocenters. The van der Waals surface area contributed by atoms with Crippen LogP contribution in [0.1, 0.15) is 19.1 Å². The van der Waals surface area contributed by atoms with Crippen molar-refractivity contribution in [3.05, 3.63) is 33.1 Å². The van der Waals surface area contributed by atoms with E-state index in [9.17, 15) is 99.5 Å². The third-order valence-corrected chi connectivity index (χ3v) is 7.07. The van der Waals surface area contributed by atoms with Crippen molar-refractivity contribution in [2.24, 2.45) is 0 Å². The number of nitrogens with zero attached hydrogens (tertiary/aromatic N) is 1. The molecule has 1 aliphatic heterocycles. The summed E-state index contributed by atoms with van der Waals surface area (Å²) < 4.78 is 244. The van der Waals surface area contributed by atoms with Crippen molar-refractivity contribution in [2.45, 2.75) is 91.1 Å². The molecule has 0 spiro atoms. The molecule has 2 rings (SSSR count). The highest BCUT2D eigenvalue weighted by Crippen LogP contribution is 2.64. The number of ether oxygens (including phenoxy) is 3. The zero-order chi connectivity index (χ0) is 39.1. The SMILES string of the molecule is O=c1ccn(C2OC(CO)[C@H](O)C2OCC(CO)OCCCC(F)(F)C(F)(F)C(F)(F)C(F)(F)C(F)(F)C(F)(F)C(F)(F)C(F)(F)F)c(=O)[nH]1. The minimum atomic E-state index is -8.74. The number of hydrogen-bond donors (Lipinski definition) is 4. The molecule has 0 radical (unpaired) electrons. The van der Waals surface area contributed by atoms with E-state index in [2.05, 4.69) is 0 Å². The number of H-pyrrole nitrogens is 1. The van der Waals surface area contributed by atoms with Crippen molar-refractivity contribution in [3.8, 4) is 0 Å². The summed E-state index contributed by atoms with van der Waals surface area (Å²) in [6, 6.07) is 0.823. The molecule has 1 aliphatic rings. The molecule has 5 atom stereocenters. The summed E-state index contributed by atoms with van der Waals surface area (Å²) in [5.74, 6) is -57.2. The standard InChI is InChI=1S/C23H23F17N2O8/c24-16(25,17(26,27)18(28,29)19(30,31)20(32,33)21(34,35)22(36,37)23(38,39)40)3-1-5-48-9(6-43)8-49-13-12(46)10(7-44)50-14(13)42-4-2-11(45)41-15(42)47/h2,4,9-10,12-14,43-44,46H,1,3,5-8H2,(H,41,45,47)/t9?,10?,12-,13?,14?/m0/s1. The number of aliphatic hydroxyl groups is 3. The molecule has 1 aromatic rings. The summed E-state index contributed by atoms with van der Waals surface area (Å²) in [6.07, 6.45) is -19.5. The smallest absolute Gasteiger partial charge is 0.394 e. The average Bonchev–Trinajstić information content (AvgIpc) is 3.30. The Hall–Kier alpha value is -2.75. The molecule has 2 heterocycles. The van der Waals surface area contributed by atoms with Crippen molar-refractivity contribution < 1.29 is 104 Å². The van der Waals surface area contributed by atoms with Crippen LogP contribution in [0.2, 0.25) is 0 Å². The largest absolute Gasteiger partial charge is 0.460 e. The quantitative estimate of drug-likeness (QED) is 0.140. The average molecular weight is 778 g/mol. The number of rotatable bonds is 17. The molecule has 1 aromatic heterocycles. The Morgan fingerprint density at radius 1 is 0.800 bits per heavy atom. The minimum Gasteiger partial charge on any atom is -0.394 e. The van der Waals surface area contributed by atoms with Gasteiger partial charge in [-0.3, -0.25) is 14.3 Å². The van der Waals surface area contributed by atoms with Gasteiger partial charge < -0.3 is 29.5 Å². The lowest BCUT2D eigenvalue weighted by molar-refractivity contribution is -0.461. The molecule has 50 heavy (non-hydrogen) atoms. The van der Waals surface area contributed by atoms with Gasteiger partial charge in [-0.15, -0.1) is 0 Å². The fraction of sp³-hybridized carbons (Fsp3) is 0.826. The molecule has 27 heteroatoms. The molecular formula is C23H23F17N2O8. The van der Waals surface area contributed by atoms with Crippen molar-refractivity contribution in [2.75, 3.05) is 26.4 Å². The molecule has 0 saturated carbocycles. The number of nitrogens with one attached hydrogen (secondary N) is 1. The van der Waals surface area contributed by atoms with E-state index < -0.39 is 129 Å². The van der Waals surface area contributed by atoms with Gasteiger partial charge in [0.25, 0.3) is 5.56 Å². The van der Waals surface area contributed by atoms with Crippen LogP contribution >= 0.6 is 0 Å². The van der Waals surface area contributed by atoms with Gasteiger partial charge in [-0.25, -0.2) is 4.79 Å². The van der Waals surface area contributed by atoms with Crippen LogP contribution in [0.25, 0.3) is 0 Å². The summed E-state index contributed by atoms with van der Waals surface area (Å²) in [4.78, 5) is 25.2. The predicted octanol–water partition coefficient (Wildman–Crippen LogP) is 3.34. The second-order valence-electron chi connectivity index (χ2n) is 10.5. The highest BCUT2D eigenvalue weighted by Gasteiger charge is 2.95. The Labute approximate surface area is 265 Å². The van der Waals surface area contributed by atoms with Crippen LogP contribution in [0.5, 0.6) is 0 Å². The Bertz CT molecular complexity index is 1420. The van der Waals surface area contributed by atoms with Crippen LogP contribution in [-0.2, 0) is 14.2 Å². The van der Waals surface area contributed by atoms with Gasteiger partial charge in [0.2, 0.25) is 0 Å². The van der Waals surface area contributed by atoms with Gasteiger partial charge in [0.05, 0.1) is 19.8 Å². The number of aliphatic hydroxyl groups excluding tert-OH is 3. The first-order valence-corrected chi connectivity index (χ1v) is 13.2. The highest BCUT2D eigenvalue weighted by molar-refractivity contribution is 5.15. The van der Waals surface area contributed by atoms with Crippen LogP contribution < -0.4 is 11.2 Å². The maximum Gasteiger partial charge on any atom is 0.460 e. The molecular weight excluding hydrogens is 755 g/mol. The van der Waals surface area contributed by atoms with E-state index in [1.54, 1.807) is 0 Å². The summed E-state index contributed by atoms with van der Waals surface area (Å²) in [7, 11) is 0. The van der Waals surface area contributed by atoms with E-state index in [0.29, 0.717) is 4.57 Å². The Balaban J connectivity index is 2.15.